The molecule has 2 aromatic rings. The number of hydrogen-bond donors (Lipinski definition) is 2. The van der Waals surface area contributed by atoms with Gasteiger partial charge in [-0.2, -0.15) is 5.10 Å². The summed E-state index contributed by atoms with van der Waals surface area (Å²) in [7, 11) is 1.69. The molecule has 1 heterocycles. The Hall–Kier alpha value is -1.24. The summed E-state index contributed by atoms with van der Waals surface area (Å²) in [5, 5.41) is 6.99. The molecule has 4 nitrogen and oxygen atoms in total. The molecule has 0 aliphatic carbocycles. The second-order valence-electron chi connectivity index (χ2n) is 4.41. The number of rotatable bonds is 3. The van der Waals surface area contributed by atoms with Gasteiger partial charge in [-0.25, -0.2) is 0 Å². The van der Waals surface area contributed by atoms with Crippen LogP contribution in [0.2, 0.25) is 0 Å². The number of methoxy groups -OCH3 is 1. The molecule has 0 saturated carbocycles. The number of H-pyrrole nitrogens is 1. The molecular formula is C13H16IN3O. The second-order valence-corrected chi connectivity index (χ2v) is 5.49. The largest absolute Gasteiger partial charge is 0.496 e. The van der Waals surface area contributed by atoms with E-state index in [2.05, 4.69) is 52.7 Å². The molecule has 2 rings (SSSR count). The third kappa shape index (κ3) is 2.31. The molecule has 0 saturated heterocycles. The molecule has 1 aromatic carbocycles. The molecule has 96 valence electrons. The highest BCUT2D eigenvalue weighted by Gasteiger charge is 2.13. The average Bonchev–Trinajstić information content (AvgIpc) is 2.69. The first-order valence-electron chi connectivity index (χ1n) is 5.72. The minimum absolute atomic E-state index is 0.401. The first kappa shape index (κ1) is 13.2. The van der Waals surface area contributed by atoms with Crippen LogP contribution in [0.4, 0.5) is 5.82 Å². The Morgan fingerprint density at radius 1 is 1.39 bits per heavy atom. The van der Waals surface area contributed by atoms with Crippen molar-refractivity contribution in [1.82, 2.24) is 10.2 Å². The maximum atomic E-state index is 5.76. The molecule has 0 fully saturated rings. The van der Waals surface area contributed by atoms with E-state index in [1.165, 1.54) is 5.56 Å². The van der Waals surface area contributed by atoms with Gasteiger partial charge in [-0.15, -0.1) is 0 Å². The SMILES string of the molecule is COc1ccc(-c2[nH]nc(N)c2I)cc1C(C)C. The van der Waals surface area contributed by atoms with E-state index < -0.39 is 0 Å². The van der Waals surface area contributed by atoms with Crippen LogP contribution >= 0.6 is 22.6 Å². The number of benzene rings is 1. The summed E-state index contributed by atoms with van der Waals surface area (Å²) in [6.45, 7) is 4.29. The van der Waals surface area contributed by atoms with Crippen molar-refractivity contribution < 1.29 is 4.74 Å². The molecule has 0 atom stereocenters. The number of nitrogen functional groups attached to an aromatic ring is 1. The molecular weight excluding hydrogens is 341 g/mol. The van der Waals surface area contributed by atoms with Crippen LogP contribution in [0.15, 0.2) is 18.2 Å². The summed E-state index contributed by atoms with van der Waals surface area (Å²) in [6, 6.07) is 6.12. The van der Waals surface area contributed by atoms with Gasteiger partial charge in [-0.05, 0) is 52.3 Å². The number of hydrogen-bond acceptors (Lipinski definition) is 3. The van der Waals surface area contributed by atoms with E-state index in [4.69, 9.17) is 10.5 Å². The lowest BCUT2D eigenvalue weighted by atomic mass is 9.98. The number of halogens is 1. The normalized spacial score (nSPS) is 10.9. The number of nitrogens with one attached hydrogen (secondary N) is 1. The Labute approximate surface area is 120 Å². The Bertz CT molecular complexity index is 563. The number of nitrogens with zero attached hydrogens (tertiary/aromatic N) is 1. The minimum atomic E-state index is 0.401. The van der Waals surface area contributed by atoms with E-state index in [0.717, 1.165) is 20.6 Å². The van der Waals surface area contributed by atoms with Gasteiger partial charge in [0.25, 0.3) is 0 Å². The molecule has 1 aromatic heterocycles. The summed E-state index contributed by atoms with van der Waals surface area (Å²) < 4.78 is 6.33. The zero-order valence-electron chi connectivity index (χ0n) is 10.6. The van der Waals surface area contributed by atoms with Crippen molar-refractivity contribution in [2.45, 2.75) is 19.8 Å². The van der Waals surface area contributed by atoms with Crippen LogP contribution in [0.1, 0.15) is 25.3 Å². The third-order valence-electron chi connectivity index (χ3n) is 2.87. The number of aromatic amines is 1. The van der Waals surface area contributed by atoms with Gasteiger partial charge in [-0.1, -0.05) is 13.8 Å². The van der Waals surface area contributed by atoms with Crippen molar-refractivity contribution in [3.63, 3.8) is 0 Å². The zero-order valence-corrected chi connectivity index (χ0v) is 12.8. The van der Waals surface area contributed by atoms with Crippen molar-refractivity contribution in [1.29, 1.82) is 0 Å². The van der Waals surface area contributed by atoms with E-state index in [0.29, 0.717) is 11.7 Å². The predicted octanol–water partition coefficient (Wildman–Crippen LogP) is 3.40. The molecule has 5 heteroatoms. The highest BCUT2D eigenvalue weighted by Crippen LogP contribution is 2.33. The number of anilines is 1. The van der Waals surface area contributed by atoms with Crippen molar-refractivity contribution in [3.05, 3.63) is 27.3 Å². The molecule has 0 bridgehead atoms. The summed E-state index contributed by atoms with van der Waals surface area (Å²) in [5.74, 6) is 1.85. The maximum Gasteiger partial charge on any atom is 0.159 e. The van der Waals surface area contributed by atoms with Crippen molar-refractivity contribution >= 4 is 28.4 Å². The number of aromatic nitrogens is 2. The Morgan fingerprint density at radius 3 is 2.61 bits per heavy atom. The summed E-state index contributed by atoms with van der Waals surface area (Å²) >= 11 is 2.20. The van der Waals surface area contributed by atoms with Crippen LogP contribution in [-0.4, -0.2) is 17.3 Å². The van der Waals surface area contributed by atoms with Crippen LogP contribution in [0, 0.1) is 3.57 Å². The lowest BCUT2D eigenvalue weighted by Gasteiger charge is -2.13. The highest BCUT2D eigenvalue weighted by molar-refractivity contribution is 14.1. The topological polar surface area (TPSA) is 63.9 Å². The Kier molecular flexibility index (Phi) is 3.79. The van der Waals surface area contributed by atoms with Gasteiger partial charge in [-0.3, -0.25) is 5.10 Å². The minimum Gasteiger partial charge on any atom is -0.496 e. The van der Waals surface area contributed by atoms with Gasteiger partial charge in [0, 0.05) is 5.56 Å². The zero-order chi connectivity index (χ0) is 13.3. The van der Waals surface area contributed by atoms with E-state index in [1.54, 1.807) is 7.11 Å². The van der Waals surface area contributed by atoms with Crippen molar-refractivity contribution in [3.8, 4) is 17.0 Å². The van der Waals surface area contributed by atoms with Gasteiger partial charge in [0.05, 0.1) is 16.4 Å². The van der Waals surface area contributed by atoms with E-state index in [1.807, 2.05) is 12.1 Å². The van der Waals surface area contributed by atoms with Crippen molar-refractivity contribution in [2.24, 2.45) is 0 Å². The monoisotopic (exact) mass is 357 g/mol. The molecule has 0 spiro atoms. The van der Waals surface area contributed by atoms with Gasteiger partial charge in [0.15, 0.2) is 5.82 Å². The van der Waals surface area contributed by atoms with Gasteiger partial charge in [0.1, 0.15) is 5.75 Å². The molecule has 0 radical (unpaired) electrons. The smallest absolute Gasteiger partial charge is 0.159 e. The lowest BCUT2D eigenvalue weighted by Crippen LogP contribution is -1.95. The summed E-state index contributed by atoms with van der Waals surface area (Å²) in [6.07, 6.45) is 0. The first-order chi connectivity index (χ1) is 8.54. The fraction of sp³-hybridized carbons (Fsp3) is 0.308. The quantitative estimate of drug-likeness (QED) is 0.828. The molecule has 0 aliphatic rings. The predicted molar refractivity (Wildman–Crippen MR) is 81.8 cm³/mol. The molecule has 18 heavy (non-hydrogen) atoms. The fourth-order valence-corrected chi connectivity index (χ4v) is 2.43. The van der Waals surface area contributed by atoms with E-state index in [-0.39, 0.29) is 0 Å². The number of ether oxygens (including phenoxy) is 1. The Balaban J connectivity index is 2.53. The third-order valence-corrected chi connectivity index (χ3v) is 3.96. The van der Waals surface area contributed by atoms with Crippen LogP contribution < -0.4 is 10.5 Å². The Morgan fingerprint density at radius 2 is 2.11 bits per heavy atom. The summed E-state index contributed by atoms with van der Waals surface area (Å²) in [4.78, 5) is 0. The first-order valence-corrected chi connectivity index (χ1v) is 6.80. The second kappa shape index (κ2) is 5.17. The van der Waals surface area contributed by atoms with Crippen LogP contribution in [0.25, 0.3) is 11.3 Å². The summed E-state index contributed by atoms with van der Waals surface area (Å²) in [5.41, 5.74) is 8.97. The van der Waals surface area contributed by atoms with Crippen molar-refractivity contribution in [2.75, 3.05) is 12.8 Å². The van der Waals surface area contributed by atoms with Gasteiger partial charge >= 0.3 is 0 Å². The standard InChI is InChI=1S/C13H16IN3O/c1-7(2)9-6-8(4-5-10(9)18-3)12-11(14)13(15)17-16-12/h4-7H,1-3H3,(H3,15,16,17). The maximum absolute atomic E-state index is 5.76. The van der Waals surface area contributed by atoms with Crippen LogP contribution in [-0.2, 0) is 0 Å². The van der Waals surface area contributed by atoms with E-state index in [9.17, 15) is 0 Å². The highest BCUT2D eigenvalue weighted by atomic mass is 127. The fourth-order valence-electron chi connectivity index (χ4n) is 1.87. The van der Waals surface area contributed by atoms with E-state index >= 15 is 0 Å². The lowest BCUT2D eigenvalue weighted by molar-refractivity contribution is 0.407. The molecule has 0 aliphatic heterocycles. The molecule has 3 N–H and O–H groups in total. The number of nitrogens with two attached hydrogens (primary N) is 1. The van der Waals surface area contributed by atoms with Crippen LogP contribution in [0.3, 0.4) is 0 Å². The van der Waals surface area contributed by atoms with Gasteiger partial charge in [0.2, 0.25) is 0 Å². The molecule has 0 unspecified atom stereocenters. The van der Waals surface area contributed by atoms with Crippen LogP contribution in [0.5, 0.6) is 5.75 Å². The van der Waals surface area contributed by atoms with Gasteiger partial charge < -0.3 is 10.5 Å². The average molecular weight is 357 g/mol. The molecule has 0 amide bonds.